The van der Waals surface area contributed by atoms with E-state index in [4.69, 9.17) is 14.2 Å². The van der Waals surface area contributed by atoms with Gasteiger partial charge in [0, 0.05) is 19.3 Å². The predicted molar refractivity (Wildman–Crippen MR) is 274 cm³/mol. The number of allylic oxidation sites excluding steroid dienone is 12. The first kappa shape index (κ1) is 60.9. The van der Waals surface area contributed by atoms with Crippen molar-refractivity contribution in [3.05, 3.63) is 72.9 Å². The first-order chi connectivity index (χ1) is 31.5. The monoisotopic (exact) mass is 893 g/mol. The maximum atomic E-state index is 12.7. The van der Waals surface area contributed by atoms with Gasteiger partial charge < -0.3 is 14.2 Å². The second-order valence-corrected chi connectivity index (χ2v) is 17.8. The van der Waals surface area contributed by atoms with Gasteiger partial charge in [-0.05, 0) is 89.9 Å². The molecule has 1 atom stereocenters. The average molecular weight is 893 g/mol. The predicted octanol–water partition coefficient (Wildman–Crippen LogP) is 17.8. The smallest absolute Gasteiger partial charge is 0.306 e. The third-order valence-electron chi connectivity index (χ3n) is 11.4. The van der Waals surface area contributed by atoms with E-state index < -0.39 is 6.10 Å². The van der Waals surface area contributed by atoms with Crippen molar-refractivity contribution < 1.29 is 28.6 Å². The van der Waals surface area contributed by atoms with Gasteiger partial charge in [-0.3, -0.25) is 14.4 Å². The van der Waals surface area contributed by atoms with Crippen LogP contribution >= 0.6 is 0 Å². The fourth-order valence-corrected chi connectivity index (χ4v) is 7.40. The van der Waals surface area contributed by atoms with Crippen LogP contribution in [0, 0.1) is 0 Å². The Morgan fingerprint density at radius 3 is 0.984 bits per heavy atom. The largest absolute Gasteiger partial charge is 0.462 e. The van der Waals surface area contributed by atoms with Crippen molar-refractivity contribution in [2.45, 2.75) is 264 Å². The Kier molecular flexibility index (Phi) is 49.9. The summed E-state index contributed by atoms with van der Waals surface area (Å²) < 4.78 is 16.7. The highest BCUT2D eigenvalue weighted by Crippen LogP contribution is 2.15. The second-order valence-electron chi connectivity index (χ2n) is 17.8. The maximum Gasteiger partial charge on any atom is 0.306 e. The Balaban J connectivity index is 4.10. The SMILES string of the molecule is CC/C=C\C/C=C\C/C=C\C/C=C\C/C=C\CCCCCCCCCCCCCC(=O)OCC(COC(=O)CCCCCCCC)OC(=O)CCCCCCC/C=C\CCCCCC. The van der Waals surface area contributed by atoms with Crippen LogP contribution in [0.25, 0.3) is 0 Å². The summed E-state index contributed by atoms with van der Waals surface area (Å²) in [6, 6.07) is 0. The summed E-state index contributed by atoms with van der Waals surface area (Å²) in [7, 11) is 0. The Morgan fingerprint density at radius 1 is 0.328 bits per heavy atom. The molecule has 0 aromatic rings. The maximum absolute atomic E-state index is 12.7. The summed E-state index contributed by atoms with van der Waals surface area (Å²) in [6.07, 6.45) is 66.4. The van der Waals surface area contributed by atoms with Gasteiger partial charge in [0.2, 0.25) is 0 Å². The van der Waals surface area contributed by atoms with E-state index in [-0.39, 0.29) is 31.1 Å². The lowest BCUT2D eigenvalue weighted by Gasteiger charge is -2.18. The van der Waals surface area contributed by atoms with Crippen molar-refractivity contribution in [1.82, 2.24) is 0 Å². The van der Waals surface area contributed by atoms with Crippen LogP contribution in [0.3, 0.4) is 0 Å². The van der Waals surface area contributed by atoms with Gasteiger partial charge in [0.25, 0.3) is 0 Å². The first-order valence-electron chi connectivity index (χ1n) is 26.9. The Labute approximate surface area is 395 Å². The standard InChI is InChI=1S/C58H100O6/c1-4-7-10-13-16-18-20-22-23-24-25-26-27-28-29-30-31-32-33-34-35-37-38-40-42-45-48-51-57(60)63-54-55(53-62-56(59)50-47-44-15-12-9-6-3)64-58(61)52-49-46-43-41-39-36-21-19-17-14-11-8-5-2/h7,10,16,18-19,21-23,25-26,28-29,55H,4-6,8-9,11-15,17,20,24,27,30-54H2,1-3H3/b10-7-,18-16-,21-19-,23-22-,26-25-,29-28-. The van der Waals surface area contributed by atoms with Crippen LogP contribution in [0.5, 0.6) is 0 Å². The molecule has 0 aliphatic rings. The van der Waals surface area contributed by atoms with Gasteiger partial charge in [-0.25, -0.2) is 0 Å². The lowest BCUT2D eigenvalue weighted by molar-refractivity contribution is -0.167. The van der Waals surface area contributed by atoms with E-state index in [0.717, 1.165) is 103 Å². The van der Waals surface area contributed by atoms with Gasteiger partial charge in [-0.15, -0.1) is 0 Å². The van der Waals surface area contributed by atoms with Crippen molar-refractivity contribution in [1.29, 1.82) is 0 Å². The Hall–Kier alpha value is -3.15. The zero-order chi connectivity index (χ0) is 46.5. The van der Waals surface area contributed by atoms with Gasteiger partial charge >= 0.3 is 17.9 Å². The molecule has 0 spiro atoms. The molecule has 6 heteroatoms. The molecule has 0 amide bonds. The molecule has 0 aliphatic heterocycles. The minimum absolute atomic E-state index is 0.0785. The lowest BCUT2D eigenvalue weighted by atomic mass is 10.0. The zero-order valence-corrected chi connectivity index (χ0v) is 42.0. The second kappa shape index (κ2) is 52.5. The van der Waals surface area contributed by atoms with Gasteiger partial charge in [-0.2, -0.15) is 0 Å². The fraction of sp³-hybridized carbons (Fsp3) is 0.741. The number of esters is 3. The molecule has 1 unspecified atom stereocenters. The summed E-state index contributed by atoms with van der Waals surface area (Å²) in [5.41, 5.74) is 0. The van der Waals surface area contributed by atoms with E-state index in [1.807, 2.05) is 0 Å². The number of hydrogen-bond acceptors (Lipinski definition) is 6. The van der Waals surface area contributed by atoms with Gasteiger partial charge in [-0.1, -0.05) is 222 Å². The summed E-state index contributed by atoms with van der Waals surface area (Å²) in [6.45, 7) is 6.44. The molecule has 368 valence electrons. The van der Waals surface area contributed by atoms with Crippen LogP contribution in [-0.2, 0) is 28.6 Å². The molecule has 6 nitrogen and oxygen atoms in total. The van der Waals surface area contributed by atoms with Crippen molar-refractivity contribution in [2.75, 3.05) is 13.2 Å². The van der Waals surface area contributed by atoms with E-state index in [9.17, 15) is 14.4 Å². The third-order valence-corrected chi connectivity index (χ3v) is 11.4. The van der Waals surface area contributed by atoms with Crippen LogP contribution < -0.4 is 0 Å². The molecule has 64 heavy (non-hydrogen) atoms. The highest BCUT2D eigenvalue weighted by atomic mass is 16.6. The zero-order valence-electron chi connectivity index (χ0n) is 42.0. The quantitative estimate of drug-likeness (QED) is 0.0262. The molecule has 0 saturated heterocycles. The van der Waals surface area contributed by atoms with Crippen LogP contribution in [0.2, 0.25) is 0 Å². The number of ether oxygens (including phenoxy) is 3. The average Bonchev–Trinajstić information content (AvgIpc) is 3.29. The number of unbranched alkanes of at least 4 members (excludes halogenated alkanes) is 25. The molecule has 0 aromatic heterocycles. The van der Waals surface area contributed by atoms with E-state index >= 15 is 0 Å². The topological polar surface area (TPSA) is 78.9 Å². The Morgan fingerprint density at radius 2 is 0.609 bits per heavy atom. The summed E-state index contributed by atoms with van der Waals surface area (Å²) in [5.74, 6) is -0.898. The van der Waals surface area contributed by atoms with Crippen LogP contribution in [0.4, 0.5) is 0 Å². The Bertz CT molecular complexity index is 1210. The highest BCUT2D eigenvalue weighted by Gasteiger charge is 2.19. The first-order valence-corrected chi connectivity index (χ1v) is 26.9. The van der Waals surface area contributed by atoms with E-state index in [2.05, 4.69) is 93.7 Å². The van der Waals surface area contributed by atoms with Gasteiger partial charge in [0.1, 0.15) is 13.2 Å². The van der Waals surface area contributed by atoms with Gasteiger partial charge in [0.15, 0.2) is 6.10 Å². The lowest BCUT2D eigenvalue weighted by Crippen LogP contribution is -2.30. The fourth-order valence-electron chi connectivity index (χ4n) is 7.40. The summed E-state index contributed by atoms with van der Waals surface area (Å²) >= 11 is 0. The minimum atomic E-state index is -0.775. The molecule has 0 aliphatic carbocycles. The molecular weight excluding hydrogens is 793 g/mol. The molecule has 0 aromatic carbocycles. The molecule has 0 rings (SSSR count). The minimum Gasteiger partial charge on any atom is -0.462 e. The number of carbonyl (C=O) groups excluding carboxylic acids is 3. The molecule has 0 heterocycles. The summed E-state index contributed by atoms with van der Waals surface area (Å²) in [5, 5.41) is 0. The number of carbonyl (C=O) groups is 3. The molecular formula is C58H100O6. The van der Waals surface area contributed by atoms with Gasteiger partial charge in [0.05, 0.1) is 0 Å². The van der Waals surface area contributed by atoms with Crippen molar-refractivity contribution >= 4 is 17.9 Å². The normalized spacial score (nSPS) is 12.6. The van der Waals surface area contributed by atoms with E-state index in [1.54, 1.807) is 0 Å². The van der Waals surface area contributed by atoms with E-state index in [1.165, 1.54) is 116 Å². The number of rotatable bonds is 48. The van der Waals surface area contributed by atoms with Crippen molar-refractivity contribution in [3.63, 3.8) is 0 Å². The van der Waals surface area contributed by atoms with Crippen LogP contribution in [0.1, 0.15) is 258 Å². The molecule has 0 saturated carbocycles. The highest BCUT2D eigenvalue weighted by molar-refractivity contribution is 5.71. The molecule has 0 fully saturated rings. The van der Waals surface area contributed by atoms with Crippen molar-refractivity contribution in [2.24, 2.45) is 0 Å². The summed E-state index contributed by atoms with van der Waals surface area (Å²) in [4.78, 5) is 37.7. The van der Waals surface area contributed by atoms with E-state index in [0.29, 0.717) is 19.3 Å². The van der Waals surface area contributed by atoms with Crippen LogP contribution in [-0.4, -0.2) is 37.2 Å². The van der Waals surface area contributed by atoms with Crippen molar-refractivity contribution in [3.8, 4) is 0 Å². The molecule has 0 radical (unpaired) electrons. The molecule has 0 N–H and O–H groups in total. The van der Waals surface area contributed by atoms with Crippen LogP contribution in [0.15, 0.2) is 72.9 Å². The number of hydrogen-bond donors (Lipinski definition) is 0. The molecule has 0 bridgehead atoms. The third kappa shape index (κ3) is 49.9.